The standard InChI is InChI=1S/C46H34N2O10.C2H6O.C2H6/c1-21-9-13-23(14-10-21)47(35-37(49)41(53)45(57)42(54)38(35)50)31-19-17-27-26-6-4-8-30-32(20-18-28(34(26)30)25-5-3-7-29(31)33(25)27)48(24-15-11-22(2)12-16-24)36-39(51)43(55)46(58)44(56)40(36)52;1-2-3;1-2/h3-20,49-58H,1-2H3;3H,2H2,1H3;1-2H3. The van der Waals surface area contributed by atoms with E-state index >= 15 is 0 Å². The number of nitrogens with zero attached hydrogens (tertiary/aromatic N) is 2. The summed E-state index contributed by atoms with van der Waals surface area (Å²) in [6, 6.07) is 33.0. The lowest BCUT2D eigenvalue weighted by atomic mass is 9.88. The Morgan fingerprint density at radius 1 is 0.349 bits per heavy atom. The maximum Gasteiger partial charge on any atom is 0.208 e. The van der Waals surface area contributed by atoms with E-state index in [1.165, 1.54) is 9.80 Å². The molecule has 9 aromatic carbocycles. The van der Waals surface area contributed by atoms with Crippen molar-refractivity contribution in [2.24, 2.45) is 0 Å². The van der Waals surface area contributed by atoms with Crippen molar-refractivity contribution < 1.29 is 56.2 Å². The van der Waals surface area contributed by atoms with Crippen molar-refractivity contribution in [1.29, 1.82) is 0 Å². The average molecular weight is 851 g/mol. The van der Waals surface area contributed by atoms with Crippen LogP contribution in [0.15, 0.2) is 109 Å². The number of aliphatic hydroxyl groups is 1. The van der Waals surface area contributed by atoms with Gasteiger partial charge in [-0.3, -0.25) is 0 Å². The Bertz CT molecular complexity index is 2880. The van der Waals surface area contributed by atoms with Crippen LogP contribution in [0.1, 0.15) is 31.9 Å². The number of aliphatic hydroxyl groups excluding tert-OH is 1. The number of aromatic hydroxyl groups is 10. The van der Waals surface area contributed by atoms with E-state index < -0.39 is 57.5 Å². The second kappa shape index (κ2) is 16.7. The molecule has 322 valence electrons. The van der Waals surface area contributed by atoms with Crippen molar-refractivity contribution >= 4 is 77.2 Å². The third-order valence-corrected chi connectivity index (χ3v) is 10.8. The highest BCUT2D eigenvalue weighted by atomic mass is 16.4. The Kier molecular flexibility index (Phi) is 11.4. The fraction of sp³-hybridized carbons (Fsp3) is 0.120. The van der Waals surface area contributed by atoms with Crippen molar-refractivity contribution in [3.05, 3.63) is 120 Å². The van der Waals surface area contributed by atoms with Crippen molar-refractivity contribution in [1.82, 2.24) is 0 Å². The summed E-state index contributed by atoms with van der Waals surface area (Å²) >= 11 is 0. The Morgan fingerprint density at radius 2 is 0.603 bits per heavy atom. The van der Waals surface area contributed by atoms with E-state index in [0.29, 0.717) is 33.5 Å². The monoisotopic (exact) mass is 850 g/mol. The van der Waals surface area contributed by atoms with Crippen LogP contribution in [0.2, 0.25) is 0 Å². The van der Waals surface area contributed by atoms with Crippen LogP contribution < -0.4 is 9.80 Å². The third-order valence-electron chi connectivity index (χ3n) is 10.8. The molecule has 13 nitrogen and oxygen atoms in total. The first-order valence-corrected chi connectivity index (χ1v) is 20.1. The van der Waals surface area contributed by atoms with Gasteiger partial charge in [-0.25, -0.2) is 0 Å². The molecule has 0 amide bonds. The zero-order valence-corrected chi connectivity index (χ0v) is 34.9. The van der Waals surface area contributed by atoms with Gasteiger partial charge in [0.15, 0.2) is 23.0 Å². The van der Waals surface area contributed by atoms with Crippen LogP contribution in [0, 0.1) is 13.8 Å². The number of rotatable bonds is 6. The summed E-state index contributed by atoms with van der Waals surface area (Å²) in [6.45, 7) is 9.73. The van der Waals surface area contributed by atoms with Crippen LogP contribution >= 0.6 is 0 Å². The zero-order valence-electron chi connectivity index (χ0n) is 34.9. The minimum atomic E-state index is -1.08. The second-order valence-electron chi connectivity index (χ2n) is 14.6. The van der Waals surface area contributed by atoms with E-state index in [4.69, 9.17) is 5.11 Å². The molecule has 0 unspecified atom stereocenters. The number of phenolic OH excluding ortho intramolecular Hbond substituents is 10. The van der Waals surface area contributed by atoms with E-state index in [2.05, 4.69) is 0 Å². The van der Waals surface area contributed by atoms with Gasteiger partial charge in [0.1, 0.15) is 11.4 Å². The third kappa shape index (κ3) is 6.80. The molecule has 0 fully saturated rings. The molecule has 9 aromatic rings. The van der Waals surface area contributed by atoms with Crippen LogP contribution in [0.3, 0.4) is 0 Å². The lowest BCUT2D eigenvalue weighted by Crippen LogP contribution is -2.12. The summed E-state index contributed by atoms with van der Waals surface area (Å²) in [5.41, 5.74) is 2.95. The van der Waals surface area contributed by atoms with E-state index in [0.717, 1.165) is 43.4 Å². The van der Waals surface area contributed by atoms with E-state index in [9.17, 15) is 51.1 Å². The van der Waals surface area contributed by atoms with Crippen molar-refractivity contribution in [2.75, 3.05) is 16.4 Å². The highest BCUT2D eigenvalue weighted by Gasteiger charge is 2.32. The average Bonchev–Trinajstić information content (AvgIpc) is 3.30. The molecule has 9 rings (SSSR count). The maximum absolute atomic E-state index is 11.2. The zero-order chi connectivity index (χ0) is 45.6. The normalized spacial score (nSPS) is 11.1. The molecule has 0 saturated heterocycles. The molecular weight excluding hydrogens is 805 g/mol. The Hall–Kier alpha value is -8.16. The summed E-state index contributed by atoms with van der Waals surface area (Å²) in [5, 5.41) is 122. The molecule has 13 heteroatoms. The maximum atomic E-state index is 11.2. The van der Waals surface area contributed by atoms with E-state index in [-0.39, 0.29) is 18.0 Å². The number of aryl methyl sites for hydroxylation is 2. The minimum Gasteiger partial charge on any atom is -0.503 e. The lowest BCUT2D eigenvalue weighted by molar-refractivity contribution is 0.318. The van der Waals surface area contributed by atoms with Crippen molar-refractivity contribution in [2.45, 2.75) is 34.6 Å². The number of phenols is 10. The molecule has 0 bridgehead atoms. The Balaban J connectivity index is 0.00000114. The number of fused-ring (bicyclic) bond motifs is 2. The molecule has 0 aliphatic heterocycles. The van der Waals surface area contributed by atoms with Crippen molar-refractivity contribution in [3.63, 3.8) is 0 Å². The number of benzene rings is 9. The van der Waals surface area contributed by atoms with Gasteiger partial charge in [-0.2, -0.15) is 0 Å². The summed E-state index contributed by atoms with van der Waals surface area (Å²) < 4.78 is 0. The van der Waals surface area contributed by atoms with Crippen LogP contribution in [-0.4, -0.2) is 62.8 Å². The van der Waals surface area contributed by atoms with Crippen LogP contribution in [0.25, 0.3) is 43.1 Å². The molecule has 0 radical (unpaired) electrons. The van der Waals surface area contributed by atoms with Gasteiger partial charge in [0.25, 0.3) is 0 Å². The molecule has 63 heavy (non-hydrogen) atoms. The molecule has 0 atom stereocenters. The first kappa shape index (κ1) is 42.9. The molecule has 0 spiro atoms. The van der Waals surface area contributed by atoms with Gasteiger partial charge >= 0.3 is 0 Å². The van der Waals surface area contributed by atoms with Crippen LogP contribution in [0.5, 0.6) is 57.5 Å². The first-order valence-electron chi connectivity index (χ1n) is 20.1. The number of hydrogen-bond acceptors (Lipinski definition) is 13. The molecule has 0 aliphatic rings. The lowest BCUT2D eigenvalue weighted by Gasteiger charge is -2.30. The van der Waals surface area contributed by atoms with Crippen LogP contribution in [-0.2, 0) is 0 Å². The predicted octanol–water partition coefficient (Wildman–Crippen LogP) is 11.4. The SMILES string of the molecule is CC.CCO.Cc1ccc(N(c2c(O)c(O)c(O)c(O)c2O)c2ccc3c4cccc5c(N(c6ccc(C)cc6)c6c(O)c(O)c(O)c(O)c6O)ccc(c6cccc2c63)c54)cc1. The van der Waals surface area contributed by atoms with Gasteiger partial charge in [-0.05, 0) is 89.5 Å². The van der Waals surface area contributed by atoms with Crippen LogP contribution in [0.4, 0.5) is 34.1 Å². The summed E-state index contributed by atoms with van der Waals surface area (Å²) in [6.07, 6.45) is 0. The summed E-state index contributed by atoms with van der Waals surface area (Å²) in [7, 11) is 0. The second-order valence-corrected chi connectivity index (χ2v) is 14.6. The van der Waals surface area contributed by atoms with Crippen molar-refractivity contribution in [3.8, 4) is 57.5 Å². The highest BCUT2D eigenvalue weighted by Crippen LogP contribution is 2.61. The Labute approximate surface area is 361 Å². The Morgan fingerprint density at radius 3 is 0.905 bits per heavy atom. The fourth-order valence-corrected chi connectivity index (χ4v) is 8.00. The van der Waals surface area contributed by atoms with Gasteiger partial charge < -0.3 is 66.0 Å². The first-order chi connectivity index (χ1) is 30.2. The molecule has 0 aromatic heterocycles. The topological polar surface area (TPSA) is 229 Å². The highest BCUT2D eigenvalue weighted by molar-refractivity contribution is 6.35. The smallest absolute Gasteiger partial charge is 0.208 e. The fourth-order valence-electron chi connectivity index (χ4n) is 8.00. The molecule has 0 aliphatic carbocycles. The van der Waals surface area contributed by atoms with Gasteiger partial charge in [-0.15, -0.1) is 0 Å². The van der Waals surface area contributed by atoms with E-state index in [1.54, 1.807) is 43.3 Å². The number of anilines is 6. The van der Waals surface area contributed by atoms with E-state index in [1.807, 2.05) is 100 Å². The summed E-state index contributed by atoms with van der Waals surface area (Å²) in [5.74, 6) is -9.64. The van der Waals surface area contributed by atoms with Gasteiger partial charge in [-0.1, -0.05) is 97.8 Å². The quantitative estimate of drug-likeness (QED) is 0.0324. The molecule has 0 heterocycles. The van der Waals surface area contributed by atoms with Gasteiger partial charge in [0, 0.05) is 28.8 Å². The number of hydrogen-bond donors (Lipinski definition) is 11. The molecule has 0 saturated carbocycles. The predicted molar refractivity (Wildman–Crippen MR) is 247 cm³/mol. The molecular formula is C50H46N2O11. The largest absolute Gasteiger partial charge is 0.503 e. The summed E-state index contributed by atoms with van der Waals surface area (Å²) in [4.78, 5) is 2.98. The minimum absolute atomic E-state index is 0.250. The van der Waals surface area contributed by atoms with Gasteiger partial charge in [0.05, 0.1) is 11.4 Å². The molecule has 11 N–H and O–H groups in total. The van der Waals surface area contributed by atoms with Gasteiger partial charge in [0.2, 0.25) is 34.5 Å².